The zero-order valence-electron chi connectivity index (χ0n) is 9.80. The van der Waals surface area contributed by atoms with Crippen molar-refractivity contribution in [2.45, 2.75) is 17.4 Å². The minimum atomic E-state index is -3.70. The predicted octanol–water partition coefficient (Wildman–Crippen LogP) is 1.82. The topological polar surface area (TPSA) is 83.5 Å². The summed E-state index contributed by atoms with van der Waals surface area (Å²) in [6, 6.07) is 3.57. The van der Waals surface area contributed by atoms with E-state index in [4.69, 9.17) is 16.7 Å². The minimum Gasteiger partial charge on any atom is -0.478 e. The highest BCUT2D eigenvalue weighted by molar-refractivity contribution is 7.99. The van der Waals surface area contributed by atoms with Crippen LogP contribution in [0.1, 0.15) is 16.8 Å². The lowest BCUT2D eigenvalue weighted by Gasteiger charge is -2.12. The molecular formula is C11H12ClNO4S2. The van der Waals surface area contributed by atoms with E-state index in [1.54, 1.807) is 11.8 Å². The number of benzene rings is 1. The van der Waals surface area contributed by atoms with Gasteiger partial charge in [0.2, 0.25) is 10.0 Å². The molecule has 1 heterocycles. The Morgan fingerprint density at radius 3 is 2.79 bits per heavy atom. The van der Waals surface area contributed by atoms with E-state index in [2.05, 4.69) is 4.72 Å². The number of carboxylic acids is 1. The van der Waals surface area contributed by atoms with Crippen molar-refractivity contribution in [3.8, 4) is 0 Å². The number of sulfonamides is 1. The van der Waals surface area contributed by atoms with Crippen molar-refractivity contribution >= 4 is 39.4 Å². The third kappa shape index (κ3) is 3.42. The molecular weight excluding hydrogens is 310 g/mol. The molecule has 0 aromatic heterocycles. The molecule has 0 radical (unpaired) electrons. The highest BCUT2D eigenvalue weighted by Crippen LogP contribution is 2.23. The summed E-state index contributed by atoms with van der Waals surface area (Å²) in [5.74, 6) is 0.408. The Hall–Kier alpha value is -0.760. The van der Waals surface area contributed by atoms with Crippen LogP contribution in [0.4, 0.5) is 0 Å². The molecule has 8 heteroatoms. The Balaban J connectivity index is 2.29. The largest absolute Gasteiger partial charge is 0.478 e. The number of hydrogen-bond acceptors (Lipinski definition) is 4. The SMILES string of the molecule is O=C(O)c1cc(S(=O)(=O)NC2CCSC2)ccc1Cl. The van der Waals surface area contributed by atoms with E-state index in [0.717, 1.165) is 24.0 Å². The number of thioether (sulfide) groups is 1. The van der Waals surface area contributed by atoms with Gasteiger partial charge in [-0.15, -0.1) is 0 Å². The molecule has 1 atom stereocenters. The first-order valence-electron chi connectivity index (χ1n) is 5.53. The van der Waals surface area contributed by atoms with Gasteiger partial charge in [-0.25, -0.2) is 17.9 Å². The van der Waals surface area contributed by atoms with Crippen molar-refractivity contribution in [1.82, 2.24) is 4.72 Å². The first-order chi connectivity index (χ1) is 8.90. The van der Waals surface area contributed by atoms with Crippen molar-refractivity contribution < 1.29 is 18.3 Å². The highest BCUT2D eigenvalue weighted by Gasteiger charge is 2.24. The van der Waals surface area contributed by atoms with Crippen LogP contribution >= 0.6 is 23.4 Å². The van der Waals surface area contributed by atoms with Gasteiger partial charge in [0.1, 0.15) is 0 Å². The standard InChI is InChI=1S/C11H12ClNO4S2/c12-10-2-1-8(5-9(10)11(14)15)19(16,17)13-7-3-4-18-6-7/h1-2,5,7,13H,3-4,6H2,(H,14,15). The summed E-state index contributed by atoms with van der Waals surface area (Å²) in [5.41, 5.74) is -0.217. The van der Waals surface area contributed by atoms with Crippen LogP contribution in [0.3, 0.4) is 0 Å². The van der Waals surface area contributed by atoms with E-state index in [9.17, 15) is 13.2 Å². The van der Waals surface area contributed by atoms with Gasteiger partial charge < -0.3 is 5.11 Å². The van der Waals surface area contributed by atoms with Crippen LogP contribution < -0.4 is 4.72 Å². The molecule has 1 aliphatic rings. The van der Waals surface area contributed by atoms with Gasteiger partial charge in [-0.3, -0.25) is 0 Å². The number of carboxylic acid groups (broad SMARTS) is 1. The van der Waals surface area contributed by atoms with Crippen LogP contribution in [-0.4, -0.2) is 37.0 Å². The maximum Gasteiger partial charge on any atom is 0.337 e. The van der Waals surface area contributed by atoms with Gasteiger partial charge in [0, 0.05) is 11.8 Å². The monoisotopic (exact) mass is 321 g/mol. The zero-order chi connectivity index (χ0) is 14.0. The third-order valence-corrected chi connectivity index (χ3v) is 5.74. The maximum absolute atomic E-state index is 12.1. The van der Waals surface area contributed by atoms with E-state index in [-0.39, 0.29) is 21.5 Å². The Morgan fingerprint density at radius 2 is 2.21 bits per heavy atom. The zero-order valence-corrected chi connectivity index (χ0v) is 12.2. The van der Waals surface area contributed by atoms with Crippen molar-refractivity contribution in [1.29, 1.82) is 0 Å². The van der Waals surface area contributed by atoms with Crippen molar-refractivity contribution in [3.63, 3.8) is 0 Å². The van der Waals surface area contributed by atoms with Crippen molar-refractivity contribution in [2.24, 2.45) is 0 Å². The van der Waals surface area contributed by atoms with Gasteiger partial charge in [-0.1, -0.05) is 11.6 Å². The fourth-order valence-corrected chi connectivity index (χ4v) is 4.50. The van der Waals surface area contributed by atoms with E-state index >= 15 is 0 Å². The Morgan fingerprint density at radius 1 is 1.47 bits per heavy atom. The van der Waals surface area contributed by atoms with Gasteiger partial charge >= 0.3 is 5.97 Å². The lowest BCUT2D eigenvalue weighted by atomic mass is 10.2. The van der Waals surface area contributed by atoms with Gasteiger partial charge in [0.25, 0.3) is 0 Å². The molecule has 0 saturated carbocycles. The van der Waals surface area contributed by atoms with Crippen LogP contribution in [0, 0.1) is 0 Å². The molecule has 2 rings (SSSR count). The summed E-state index contributed by atoms with van der Waals surface area (Å²) < 4.78 is 26.8. The predicted molar refractivity (Wildman–Crippen MR) is 74.5 cm³/mol. The maximum atomic E-state index is 12.1. The second-order valence-corrected chi connectivity index (χ2v) is 7.40. The van der Waals surface area contributed by atoms with E-state index in [0.29, 0.717) is 0 Å². The van der Waals surface area contributed by atoms with Gasteiger partial charge in [0.15, 0.2) is 0 Å². The van der Waals surface area contributed by atoms with Crippen LogP contribution in [0.5, 0.6) is 0 Å². The molecule has 0 aliphatic carbocycles. The molecule has 1 aromatic rings. The lowest BCUT2D eigenvalue weighted by molar-refractivity contribution is 0.0697. The third-order valence-electron chi connectivity index (χ3n) is 2.73. The number of nitrogens with one attached hydrogen (secondary N) is 1. The number of rotatable bonds is 4. The molecule has 1 fully saturated rings. The minimum absolute atomic E-state index is 0.0165. The molecule has 0 bridgehead atoms. The Labute approximate surface area is 120 Å². The molecule has 1 aliphatic heterocycles. The smallest absolute Gasteiger partial charge is 0.337 e. The summed E-state index contributed by atoms with van der Waals surface area (Å²) in [6.07, 6.45) is 0.781. The highest BCUT2D eigenvalue weighted by atomic mass is 35.5. The van der Waals surface area contributed by atoms with E-state index < -0.39 is 16.0 Å². The molecule has 2 N–H and O–H groups in total. The fraction of sp³-hybridized carbons (Fsp3) is 0.364. The number of hydrogen-bond donors (Lipinski definition) is 2. The molecule has 0 spiro atoms. The van der Waals surface area contributed by atoms with Crippen LogP contribution in [0.2, 0.25) is 5.02 Å². The van der Waals surface area contributed by atoms with Crippen LogP contribution in [-0.2, 0) is 10.0 Å². The van der Waals surface area contributed by atoms with E-state index in [1.165, 1.54) is 12.1 Å². The Kier molecular flexibility index (Phi) is 4.39. The summed E-state index contributed by atoms with van der Waals surface area (Å²) in [4.78, 5) is 10.9. The fourth-order valence-electron chi connectivity index (χ4n) is 1.75. The second-order valence-electron chi connectivity index (χ2n) is 4.13. The summed E-state index contributed by atoms with van der Waals surface area (Å²) >= 11 is 7.40. The average Bonchev–Trinajstić information content (AvgIpc) is 2.80. The summed E-state index contributed by atoms with van der Waals surface area (Å²) in [7, 11) is -3.70. The van der Waals surface area contributed by atoms with Crippen molar-refractivity contribution in [3.05, 3.63) is 28.8 Å². The molecule has 104 valence electrons. The lowest BCUT2D eigenvalue weighted by Crippen LogP contribution is -2.34. The van der Waals surface area contributed by atoms with E-state index in [1.807, 2.05) is 0 Å². The first-order valence-corrected chi connectivity index (χ1v) is 8.54. The molecule has 19 heavy (non-hydrogen) atoms. The first kappa shape index (κ1) is 14.6. The van der Waals surface area contributed by atoms with Crippen LogP contribution in [0.15, 0.2) is 23.1 Å². The Bertz CT molecular complexity index is 597. The average molecular weight is 322 g/mol. The molecule has 0 amide bonds. The van der Waals surface area contributed by atoms with Crippen molar-refractivity contribution in [2.75, 3.05) is 11.5 Å². The number of carbonyl (C=O) groups is 1. The molecule has 1 unspecified atom stereocenters. The molecule has 1 aromatic carbocycles. The summed E-state index contributed by atoms with van der Waals surface area (Å²) in [6.45, 7) is 0. The van der Waals surface area contributed by atoms with Gasteiger partial charge in [-0.05, 0) is 30.4 Å². The van der Waals surface area contributed by atoms with Crippen LogP contribution in [0.25, 0.3) is 0 Å². The second kappa shape index (κ2) is 5.70. The normalized spacial score (nSPS) is 19.5. The quantitative estimate of drug-likeness (QED) is 0.884. The summed E-state index contributed by atoms with van der Waals surface area (Å²) in [5, 5.41) is 8.95. The number of aromatic carboxylic acids is 1. The van der Waals surface area contributed by atoms with Gasteiger partial charge in [0.05, 0.1) is 15.5 Å². The van der Waals surface area contributed by atoms with Gasteiger partial charge in [-0.2, -0.15) is 11.8 Å². The number of halogens is 1. The molecule has 1 saturated heterocycles. The molecule has 5 nitrogen and oxygen atoms in total.